The van der Waals surface area contributed by atoms with Crippen molar-refractivity contribution < 1.29 is 61.5 Å². The zero-order valence-electron chi connectivity index (χ0n) is 22.3. The monoisotopic (exact) mass is 740 g/mol. The Hall–Kier alpha value is -2.40. The summed E-state index contributed by atoms with van der Waals surface area (Å²) in [5.74, 6) is -1.73. The fourth-order valence-corrected chi connectivity index (χ4v) is 6.81. The quantitative estimate of drug-likeness (QED) is 0.148. The summed E-state index contributed by atoms with van der Waals surface area (Å²) < 4.78 is 132. The first-order valence-electron chi connectivity index (χ1n) is 11.9. The van der Waals surface area contributed by atoms with Crippen molar-refractivity contribution in [2.24, 2.45) is 0 Å². The SMILES string of the molecule is O=C(CCCl)N(CCN(Cc1ccc(S(=O)(=O)O)cc1S(=O)(=O)O)C(=O)CCCl)Cc1ccc(S(=O)(=O)O)cc1S(=O)(=O)O. The number of nitrogens with zero attached hydrogens (tertiary/aromatic N) is 2. The molecule has 0 aliphatic rings. The van der Waals surface area contributed by atoms with E-state index < -0.39 is 85.0 Å². The Morgan fingerprint density at radius 3 is 1.14 bits per heavy atom. The van der Waals surface area contributed by atoms with E-state index in [1.807, 2.05) is 0 Å². The molecule has 0 bridgehead atoms. The number of carbonyl (C=O) groups excluding carboxylic acids is 2. The molecule has 0 fully saturated rings. The second-order valence-electron chi connectivity index (χ2n) is 8.95. The van der Waals surface area contributed by atoms with Gasteiger partial charge in [0.05, 0.1) is 9.79 Å². The number of alkyl halides is 2. The molecule has 2 aromatic rings. The molecule has 0 aromatic heterocycles. The summed E-state index contributed by atoms with van der Waals surface area (Å²) in [6, 6.07) is 4.47. The maximum atomic E-state index is 12.9. The van der Waals surface area contributed by atoms with Gasteiger partial charge >= 0.3 is 0 Å². The summed E-state index contributed by atoms with van der Waals surface area (Å²) in [6.45, 7) is -1.90. The van der Waals surface area contributed by atoms with Gasteiger partial charge in [-0.15, -0.1) is 23.2 Å². The molecule has 16 nitrogen and oxygen atoms in total. The van der Waals surface area contributed by atoms with Crippen molar-refractivity contribution in [3.63, 3.8) is 0 Å². The van der Waals surface area contributed by atoms with Gasteiger partial charge in [-0.05, 0) is 35.4 Å². The molecule has 22 heteroatoms. The van der Waals surface area contributed by atoms with Crippen molar-refractivity contribution in [3.8, 4) is 0 Å². The van der Waals surface area contributed by atoms with Gasteiger partial charge in [0.15, 0.2) is 0 Å². The van der Waals surface area contributed by atoms with Crippen LogP contribution >= 0.6 is 23.2 Å². The first kappa shape index (κ1) is 37.8. The van der Waals surface area contributed by atoms with Crippen LogP contribution in [0.25, 0.3) is 0 Å². The van der Waals surface area contributed by atoms with Gasteiger partial charge in [0, 0.05) is 50.8 Å². The molecular weight excluding hydrogens is 715 g/mol. The van der Waals surface area contributed by atoms with Crippen LogP contribution in [0.15, 0.2) is 56.0 Å². The Bertz CT molecular complexity index is 1710. The number of benzene rings is 2. The van der Waals surface area contributed by atoms with Crippen LogP contribution in [-0.4, -0.2) is 98.3 Å². The maximum absolute atomic E-state index is 12.9. The van der Waals surface area contributed by atoms with E-state index in [-0.39, 0.29) is 48.8 Å². The number of carbonyl (C=O) groups is 2. The van der Waals surface area contributed by atoms with Crippen molar-refractivity contribution >= 4 is 75.5 Å². The molecule has 0 heterocycles. The highest BCUT2D eigenvalue weighted by atomic mass is 35.5. The van der Waals surface area contributed by atoms with E-state index in [4.69, 9.17) is 23.2 Å². The van der Waals surface area contributed by atoms with Crippen LogP contribution in [0.5, 0.6) is 0 Å². The largest absolute Gasteiger partial charge is 0.337 e. The molecule has 4 N–H and O–H groups in total. The second kappa shape index (κ2) is 14.8. The van der Waals surface area contributed by atoms with Crippen LogP contribution in [0.2, 0.25) is 0 Å². The second-order valence-corrected chi connectivity index (χ2v) is 15.3. The predicted octanol–water partition coefficient (Wildman–Crippen LogP) is 1.29. The van der Waals surface area contributed by atoms with Crippen LogP contribution in [0.3, 0.4) is 0 Å². The minimum Gasteiger partial charge on any atom is -0.337 e. The minimum atomic E-state index is -5.09. The number of rotatable bonds is 15. The molecule has 2 aromatic carbocycles. The zero-order valence-corrected chi connectivity index (χ0v) is 27.1. The molecule has 0 spiro atoms. The fraction of sp³-hybridized carbons (Fsp3) is 0.364. The molecule has 2 rings (SSSR count). The Balaban J connectivity index is 2.53. The Labute approximate surface area is 263 Å². The van der Waals surface area contributed by atoms with Crippen LogP contribution in [-0.2, 0) is 63.2 Å². The minimum absolute atomic E-state index is 0.186. The molecular formula is C22H26Cl2N2O14S4. The standard InChI is InChI=1S/C22H26Cl2N2O14S4/c23-7-5-21(27)25(13-15-1-3-17(41(29,30)31)11-19(15)43(35,36)37)9-10-26(22(28)6-8-24)14-16-2-4-18(42(32,33)34)12-20(16)44(38,39)40/h1-4,11-12H,5-10,13-14H2,(H,29,30,31)(H,32,33,34)(H,35,36,37)(H,38,39,40). The molecule has 0 aliphatic heterocycles. The summed E-state index contributed by atoms with van der Waals surface area (Å²) in [5, 5.41) is 0. The third-order valence-electron chi connectivity index (χ3n) is 5.91. The van der Waals surface area contributed by atoms with E-state index in [0.717, 1.165) is 34.1 Å². The lowest BCUT2D eigenvalue weighted by molar-refractivity contribution is -0.135. The first-order chi connectivity index (χ1) is 20.1. The Morgan fingerprint density at radius 1 is 0.568 bits per heavy atom. The third kappa shape index (κ3) is 10.6. The van der Waals surface area contributed by atoms with Gasteiger partial charge in [0.2, 0.25) is 11.8 Å². The predicted molar refractivity (Wildman–Crippen MR) is 154 cm³/mol. The van der Waals surface area contributed by atoms with E-state index >= 15 is 0 Å². The van der Waals surface area contributed by atoms with Crippen molar-refractivity contribution in [2.75, 3.05) is 24.8 Å². The van der Waals surface area contributed by atoms with Crippen molar-refractivity contribution in [1.82, 2.24) is 9.80 Å². The lowest BCUT2D eigenvalue weighted by atomic mass is 10.2. The molecule has 0 radical (unpaired) electrons. The highest BCUT2D eigenvalue weighted by Gasteiger charge is 2.26. The molecule has 2 amide bonds. The topological polar surface area (TPSA) is 258 Å². The third-order valence-corrected chi connectivity index (χ3v) is 9.86. The smallest absolute Gasteiger partial charge is 0.294 e. The summed E-state index contributed by atoms with van der Waals surface area (Å²) >= 11 is 11.4. The molecule has 0 saturated heterocycles. The average Bonchev–Trinajstić information content (AvgIpc) is 2.88. The summed E-state index contributed by atoms with van der Waals surface area (Å²) in [4.78, 5) is 24.2. The van der Waals surface area contributed by atoms with Gasteiger partial charge in [0.25, 0.3) is 40.5 Å². The molecule has 0 aliphatic carbocycles. The van der Waals surface area contributed by atoms with E-state index in [9.17, 15) is 61.5 Å². The van der Waals surface area contributed by atoms with Gasteiger partial charge in [-0.2, -0.15) is 33.7 Å². The van der Waals surface area contributed by atoms with Gasteiger partial charge in [0.1, 0.15) is 9.79 Å². The summed E-state index contributed by atoms with van der Waals surface area (Å²) in [7, 11) is -19.9. The van der Waals surface area contributed by atoms with Crippen LogP contribution < -0.4 is 0 Å². The molecule has 0 saturated carbocycles. The number of hydrogen-bond donors (Lipinski definition) is 4. The van der Waals surface area contributed by atoms with Gasteiger partial charge < -0.3 is 9.80 Å². The zero-order chi connectivity index (χ0) is 33.7. The van der Waals surface area contributed by atoms with Gasteiger partial charge in [-0.3, -0.25) is 27.8 Å². The van der Waals surface area contributed by atoms with Crippen LogP contribution in [0.1, 0.15) is 24.0 Å². The number of hydrogen-bond acceptors (Lipinski definition) is 10. The lowest BCUT2D eigenvalue weighted by Crippen LogP contribution is -2.41. The normalized spacial score (nSPS) is 12.6. The van der Waals surface area contributed by atoms with Gasteiger partial charge in [-0.25, -0.2) is 0 Å². The van der Waals surface area contributed by atoms with Crippen LogP contribution in [0, 0.1) is 0 Å². The molecule has 0 unspecified atom stereocenters. The van der Waals surface area contributed by atoms with Crippen LogP contribution in [0.4, 0.5) is 0 Å². The van der Waals surface area contributed by atoms with E-state index in [2.05, 4.69) is 0 Å². The fourth-order valence-electron chi connectivity index (χ4n) is 3.85. The summed E-state index contributed by atoms with van der Waals surface area (Å²) in [6.07, 6.45) is -0.572. The highest BCUT2D eigenvalue weighted by molar-refractivity contribution is 7.87. The van der Waals surface area contributed by atoms with E-state index in [0.29, 0.717) is 12.1 Å². The number of amides is 2. The average molecular weight is 742 g/mol. The van der Waals surface area contributed by atoms with Crippen molar-refractivity contribution in [3.05, 3.63) is 47.5 Å². The summed E-state index contributed by atoms with van der Waals surface area (Å²) in [5.41, 5.74) is -0.563. The Morgan fingerprint density at radius 2 is 0.886 bits per heavy atom. The first-order valence-corrected chi connectivity index (χ1v) is 18.8. The number of halogens is 2. The molecule has 0 atom stereocenters. The maximum Gasteiger partial charge on any atom is 0.294 e. The van der Waals surface area contributed by atoms with Crippen molar-refractivity contribution in [2.45, 2.75) is 45.5 Å². The van der Waals surface area contributed by atoms with Gasteiger partial charge in [-0.1, -0.05) is 12.1 Å². The van der Waals surface area contributed by atoms with E-state index in [1.165, 1.54) is 0 Å². The Kier molecular flexibility index (Phi) is 12.7. The van der Waals surface area contributed by atoms with Crippen molar-refractivity contribution in [1.29, 1.82) is 0 Å². The highest BCUT2D eigenvalue weighted by Crippen LogP contribution is 2.24. The lowest BCUT2D eigenvalue weighted by Gasteiger charge is -2.29. The molecule has 246 valence electrons. The van der Waals surface area contributed by atoms with E-state index in [1.54, 1.807) is 0 Å². The molecule has 44 heavy (non-hydrogen) atoms.